The second-order valence-electron chi connectivity index (χ2n) is 0.920. The molecule has 0 aliphatic heterocycles. The van der Waals surface area contributed by atoms with Gasteiger partial charge in [-0.25, -0.2) is 0 Å². The van der Waals surface area contributed by atoms with E-state index in [0.29, 0.717) is 0 Å². The van der Waals surface area contributed by atoms with Gasteiger partial charge in [0.05, 0.1) is 0 Å². The maximum Gasteiger partial charge on any atom is 0.399 e. The second kappa shape index (κ2) is 9.30. The first-order valence-electron chi connectivity index (χ1n) is 1.95. The summed E-state index contributed by atoms with van der Waals surface area (Å²) in [6.07, 6.45) is 1.25. The van der Waals surface area contributed by atoms with E-state index in [4.69, 9.17) is 10.1 Å². The van der Waals surface area contributed by atoms with Crippen LogP contribution >= 0.6 is 16.1 Å². The van der Waals surface area contributed by atoms with Crippen LogP contribution in [0.5, 0.6) is 0 Å². The summed E-state index contributed by atoms with van der Waals surface area (Å²) in [5, 5.41) is 8.72. The van der Waals surface area contributed by atoms with E-state index >= 15 is 0 Å². The molecule has 0 rings (SSSR count). The van der Waals surface area contributed by atoms with Crippen LogP contribution in [-0.2, 0) is 0 Å². The minimum Gasteiger partial charge on any atom is -0.252 e. The lowest BCUT2D eigenvalue weighted by Crippen LogP contribution is -1.64. The van der Waals surface area contributed by atoms with Crippen molar-refractivity contribution < 1.29 is 3.95 Å². The molecule has 0 aromatic carbocycles. The summed E-state index contributed by atoms with van der Waals surface area (Å²) in [5.74, 6) is 0. The SMILES string of the molecule is CCC.O=[N+]([O-])Br. The summed E-state index contributed by atoms with van der Waals surface area (Å²) in [6.45, 7) is 4.25. The molecule has 0 fully saturated rings. The first kappa shape index (κ1) is 9.99. The van der Waals surface area contributed by atoms with Crippen molar-refractivity contribution in [1.29, 1.82) is 0 Å². The summed E-state index contributed by atoms with van der Waals surface area (Å²) in [7, 11) is 0. The standard InChI is InChI=1S/C3H8.BrNO2/c1-3-2;1-2(3)4/h3H2,1-2H3;. The molecule has 44 valence electrons. The fourth-order valence-corrected chi connectivity index (χ4v) is 0. The van der Waals surface area contributed by atoms with E-state index in [-0.39, 0.29) is 0 Å². The number of nitro groups is 1. The van der Waals surface area contributed by atoms with E-state index in [1.165, 1.54) is 6.42 Å². The van der Waals surface area contributed by atoms with Gasteiger partial charge in [-0.05, 0) is 0 Å². The van der Waals surface area contributed by atoms with Crippen LogP contribution in [0.15, 0.2) is 0 Å². The van der Waals surface area contributed by atoms with Gasteiger partial charge < -0.3 is 0 Å². The predicted octanol–water partition coefficient (Wildman–Crippen LogP) is 1.99. The normalized spacial score (nSPS) is 6.14. The Labute approximate surface area is 51.2 Å². The van der Waals surface area contributed by atoms with Crippen molar-refractivity contribution in [3.8, 4) is 0 Å². The number of hydrogen-bond donors (Lipinski definition) is 0. The Kier molecular flexibility index (Phi) is 13.3. The van der Waals surface area contributed by atoms with Crippen LogP contribution in [0.2, 0.25) is 0 Å². The minimum atomic E-state index is -0.688. The minimum absolute atomic E-state index is 0.688. The van der Waals surface area contributed by atoms with Crippen LogP contribution in [0.3, 0.4) is 0 Å². The van der Waals surface area contributed by atoms with Crippen LogP contribution in [-0.4, -0.2) is 3.95 Å². The fourth-order valence-electron chi connectivity index (χ4n) is 0. The summed E-state index contributed by atoms with van der Waals surface area (Å²) >= 11 is 1.99. The van der Waals surface area contributed by atoms with Crippen molar-refractivity contribution in [2.45, 2.75) is 20.3 Å². The monoisotopic (exact) mass is 169 g/mol. The van der Waals surface area contributed by atoms with Crippen LogP contribution in [0.4, 0.5) is 0 Å². The van der Waals surface area contributed by atoms with Gasteiger partial charge in [0, 0.05) is 0 Å². The number of rotatable bonds is 0. The molecule has 0 aliphatic rings. The molecule has 0 aromatic rings. The summed E-state index contributed by atoms with van der Waals surface area (Å²) in [5.41, 5.74) is 0. The highest BCUT2D eigenvalue weighted by Gasteiger charge is 1.67. The lowest BCUT2D eigenvalue weighted by Gasteiger charge is -1.55. The van der Waals surface area contributed by atoms with Crippen molar-refractivity contribution in [2.24, 2.45) is 0 Å². The van der Waals surface area contributed by atoms with Crippen molar-refractivity contribution in [3.05, 3.63) is 10.1 Å². The lowest BCUT2D eigenvalue weighted by atomic mass is 10.6. The van der Waals surface area contributed by atoms with Gasteiger partial charge in [0.1, 0.15) is 3.95 Å². The molecule has 0 amide bonds. The Morgan fingerprint density at radius 2 is 1.71 bits per heavy atom. The maximum absolute atomic E-state index is 8.72. The second-order valence-corrected chi connectivity index (χ2v) is 1.50. The number of hydrogen-bond acceptors (Lipinski definition) is 2. The Balaban J connectivity index is 0. The van der Waals surface area contributed by atoms with E-state index in [9.17, 15) is 0 Å². The Morgan fingerprint density at radius 3 is 1.71 bits per heavy atom. The molecule has 0 radical (unpaired) electrons. The predicted molar refractivity (Wildman–Crippen MR) is 31.9 cm³/mol. The number of nitrogens with zero attached hydrogens (tertiary/aromatic N) is 1. The molecule has 0 spiro atoms. The van der Waals surface area contributed by atoms with E-state index in [1.54, 1.807) is 0 Å². The van der Waals surface area contributed by atoms with Crippen LogP contribution < -0.4 is 0 Å². The van der Waals surface area contributed by atoms with E-state index in [0.717, 1.165) is 0 Å². The van der Waals surface area contributed by atoms with E-state index < -0.39 is 3.95 Å². The van der Waals surface area contributed by atoms with Crippen molar-refractivity contribution in [3.63, 3.8) is 0 Å². The highest BCUT2D eigenvalue weighted by molar-refractivity contribution is 9.04. The largest absolute Gasteiger partial charge is 0.399 e. The molecule has 0 N–H and O–H groups in total. The molecule has 0 bridgehead atoms. The molecule has 0 heterocycles. The molecule has 0 aliphatic carbocycles. The number of halogens is 1. The summed E-state index contributed by atoms with van der Waals surface area (Å²) < 4.78 is -0.688. The molecular formula is C3H8BrNO2. The fraction of sp³-hybridized carbons (Fsp3) is 1.00. The topological polar surface area (TPSA) is 43.1 Å². The highest BCUT2D eigenvalue weighted by Crippen LogP contribution is 1.71. The van der Waals surface area contributed by atoms with Gasteiger partial charge in [0.15, 0.2) is 0 Å². The zero-order chi connectivity index (χ0) is 6.28. The molecule has 4 heteroatoms. The van der Waals surface area contributed by atoms with E-state index in [2.05, 4.69) is 13.8 Å². The van der Waals surface area contributed by atoms with Gasteiger partial charge in [0.2, 0.25) is 0 Å². The third-order valence-electron chi connectivity index (χ3n) is 0. The maximum atomic E-state index is 8.72. The van der Waals surface area contributed by atoms with Gasteiger partial charge in [-0.1, -0.05) is 20.3 Å². The molecule has 0 unspecified atom stereocenters. The molecular weight excluding hydrogens is 162 g/mol. The zero-order valence-electron chi connectivity index (χ0n) is 4.35. The first-order chi connectivity index (χ1) is 3.15. The van der Waals surface area contributed by atoms with E-state index in [1.807, 2.05) is 16.1 Å². The highest BCUT2D eigenvalue weighted by atomic mass is 79.9. The van der Waals surface area contributed by atoms with Crippen LogP contribution in [0.25, 0.3) is 0 Å². The van der Waals surface area contributed by atoms with Crippen LogP contribution in [0.1, 0.15) is 20.3 Å². The molecule has 0 saturated carbocycles. The molecule has 0 atom stereocenters. The smallest absolute Gasteiger partial charge is 0.252 e. The molecule has 3 nitrogen and oxygen atoms in total. The Bertz CT molecular complexity index is 44.2. The third kappa shape index (κ3) is 6150. The lowest BCUT2D eigenvalue weighted by molar-refractivity contribution is -0.262. The van der Waals surface area contributed by atoms with Gasteiger partial charge >= 0.3 is 16.1 Å². The first-order valence-corrected chi connectivity index (χ1v) is 2.66. The van der Waals surface area contributed by atoms with Crippen molar-refractivity contribution >= 4 is 16.1 Å². The zero-order valence-corrected chi connectivity index (χ0v) is 5.93. The van der Waals surface area contributed by atoms with Gasteiger partial charge in [-0.15, -0.1) is 0 Å². The molecule has 7 heavy (non-hydrogen) atoms. The summed E-state index contributed by atoms with van der Waals surface area (Å²) in [6, 6.07) is 0. The van der Waals surface area contributed by atoms with Gasteiger partial charge in [-0.2, -0.15) is 0 Å². The summed E-state index contributed by atoms with van der Waals surface area (Å²) in [4.78, 5) is 8.72. The average molecular weight is 170 g/mol. The van der Waals surface area contributed by atoms with Crippen molar-refractivity contribution in [1.82, 2.24) is 0 Å². The quantitative estimate of drug-likeness (QED) is 0.317. The van der Waals surface area contributed by atoms with Crippen LogP contribution in [0, 0.1) is 10.1 Å². The van der Waals surface area contributed by atoms with Crippen molar-refractivity contribution in [2.75, 3.05) is 0 Å². The molecule has 0 saturated heterocycles. The molecule has 0 aromatic heterocycles. The van der Waals surface area contributed by atoms with Gasteiger partial charge in [0.25, 0.3) is 0 Å². The van der Waals surface area contributed by atoms with Gasteiger partial charge in [-0.3, -0.25) is 10.1 Å². The Morgan fingerprint density at radius 1 is 1.71 bits per heavy atom. The average Bonchev–Trinajstić information content (AvgIpc) is 1.33. The third-order valence-corrected chi connectivity index (χ3v) is 0. The Hall–Kier alpha value is -0.120.